The van der Waals surface area contributed by atoms with Gasteiger partial charge >= 0.3 is 0 Å². The van der Waals surface area contributed by atoms with Crippen molar-refractivity contribution in [3.63, 3.8) is 0 Å². The zero-order valence-electron chi connectivity index (χ0n) is 10.5. The second-order valence-electron chi connectivity index (χ2n) is 4.33. The van der Waals surface area contributed by atoms with E-state index in [1.165, 1.54) is 0 Å². The molecule has 1 aliphatic rings. The van der Waals surface area contributed by atoms with E-state index in [2.05, 4.69) is 10.1 Å². The molecule has 0 spiro atoms. The lowest BCUT2D eigenvalue weighted by Gasteiger charge is -2.20. The van der Waals surface area contributed by atoms with Gasteiger partial charge in [0.25, 0.3) is 0 Å². The normalized spacial score (nSPS) is 19.8. The van der Waals surface area contributed by atoms with Crippen LogP contribution < -0.4 is 0 Å². The van der Waals surface area contributed by atoms with Gasteiger partial charge in [0, 0.05) is 18.9 Å². The molecule has 1 aliphatic heterocycles. The van der Waals surface area contributed by atoms with Crippen LogP contribution in [0.4, 0.5) is 0 Å². The fraction of sp³-hybridized carbons (Fsp3) is 0.286. The Morgan fingerprint density at radius 1 is 1.37 bits per heavy atom. The van der Waals surface area contributed by atoms with Gasteiger partial charge in [-0.1, -0.05) is 35.5 Å². The SMILES string of the molecule is COC(c1ccccc1)C1CC(c2cscn2)=NO1. The summed E-state index contributed by atoms with van der Waals surface area (Å²) in [6.07, 6.45) is 0.516. The first-order valence-corrected chi connectivity index (χ1v) is 7.02. The fourth-order valence-electron chi connectivity index (χ4n) is 2.21. The van der Waals surface area contributed by atoms with E-state index in [1.54, 1.807) is 24.0 Å². The van der Waals surface area contributed by atoms with Crippen LogP contribution in [-0.4, -0.2) is 23.9 Å². The Hall–Kier alpha value is -1.72. The Morgan fingerprint density at radius 3 is 2.89 bits per heavy atom. The van der Waals surface area contributed by atoms with E-state index >= 15 is 0 Å². The Labute approximate surface area is 115 Å². The van der Waals surface area contributed by atoms with Gasteiger partial charge in [0.1, 0.15) is 11.8 Å². The zero-order valence-corrected chi connectivity index (χ0v) is 11.3. The summed E-state index contributed by atoms with van der Waals surface area (Å²) < 4.78 is 5.57. The molecule has 3 rings (SSSR count). The van der Waals surface area contributed by atoms with E-state index in [0.717, 1.165) is 23.4 Å². The van der Waals surface area contributed by atoms with E-state index in [4.69, 9.17) is 9.57 Å². The van der Waals surface area contributed by atoms with Crippen molar-refractivity contribution in [2.45, 2.75) is 18.6 Å². The summed E-state index contributed by atoms with van der Waals surface area (Å²) in [7, 11) is 1.70. The summed E-state index contributed by atoms with van der Waals surface area (Å²) in [6.45, 7) is 0. The highest BCUT2D eigenvalue weighted by atomic mass is 32.1. The minimum atomic E-state index is -0.110. The van der Waals surface area contributed by atoms with Gasteiger partial charge in [-0.05, 0) is 5.56 Å². The summed E-state index contributed by atoms with van der Waals surface area (Å²) in [5, 5.41) is 6.12. The average Bonchev–Trinajstić information content (AvgIpc) is 3.11. The second-order valence-corrected chi connectivity index (χ2v) is 5.05. The van der Waals surface area contributed by atoms with Crippen molar-refractivity contribution < 1.29 is 9.57 Å². The third kappa shape index (κ3) is 2.52. The molecule has 1 aromatic carbocycles. The van der Waals surface area contributed by atoms with Crippen molar-refractivity contribution in [1.82, 2.24) is 4.98 Å². The van der Waals surface area contributed by atoms with E-state index in [9.17, 15) is 0 Å². The first-order valence-electron chi connectivity index (χ1n) is 6.07. The minimum absolute atomic E-state index is 0.0934. The predicted molar refractivity (Wildman–Crippen MR) is 74.3 cm³/mol. The van der Waals surface area contributed by atoms with Crippen LogP contribution in [0.5, 0.6) is 0 Å². The number of nitrogens with zero attached hydrogens (tertiary/aromatic N) is 2. The minimum Gasteiger partial charge on any atom is -0.389 e. The molecule has 4 nitrogen and oxygen atoms in total. The molecule has 2 atom stereocenters. The second kappa shape index (κ2) is 5.50. The van der Waals surface area contributed by atoms with Gasteiger partial charge in [0.05, 0.1) is 11.2 Å². The molecule has 0 saturated carbocycles. The molecule has 5 heteroatoms. The maximum atomic E-state index is 5.57. The Balaban J connectivity index is 1.74. The van der Waals surface area contributed by atoms with E-state index in [0.29, 0.717) is 0 Å². The number of benzene rings is 1. The molecular formula is C14H14N2O2S. The van der Waals surface area contributed by atoms with Gasteiger partial charge in [0.15, 0.2) is 6.10 Å². The quantitative estimate of drug-likeness (QED) is 0.860. The maximum absolute atomic E-state index is 5.57. The predicted octanol–water partition coefficient (Wildman–Crippen LogP) is 3.02. The van der Waals surface area contributed by atoms with Crippen LogP contribution >= 0.6 is 11.3 Å². The van der Waals surface area contributed by atoms with Crippen LogP contribution in [0.15, 0.2) is 46.4 Å². The van der Waals surface area contributed by atoms with Crippen LogP contribution in [0.2, 0.25) is 0 Å². The summed E-state index contributed by atoms with van der Waals surface area (Å²) in [5.74, 6) is 0. The number of hydrogen-bond acceptors (Lipinski definition) is 5. The molecule has 19 heavy (non-hydrogen) atoms. The van der Waals surface area contributed by atoms with Crippen LogP contribution in [0.1, 0.15) is 23.8 Å². The first-order chi connectivity index (χ1) is 9.38. The molecule has 98 valence electrons. The monoisotopic (exact) mass is 274 g/mol. The smallest absolute Gasteiger partial charge is 0.163 e. The van der Waals surface area contributed by atoms with Gasteiger partial charge in [0.2, 0.25) is 0 Å². The van der Waals surface area contributed by atoms with Crippen LogP contribution in [0.25, 0.3) is 0 Å². The van der Waals surface area contributed by atoms with Gasteiger partial charge in [-0.2, -0.15) is 0 Å². The Morgan fingerprint density at radius 2 is 2.21 bits per heavy atom. The molecule has 0 radical (unpaired) electrons. The van der Waals surface area contributed by atoms with Crippen molar-refractivity contribution in [3.8, 4) is 0 Å². The molecule has 2 unspecified atom stereocenters. The standard InChI is InChI=1S/C14H14N2O2S/c1-17-14(10-5-3-2-4-6-10)13-7-11(16-18-13)12-8-19-9-15-12/h2-6,8-9,13-14H,7H2,1H3. The molecule has 0 fully saturated rings. The van der Waals surface area contributed by atoms with E-state index in [1.807, 2.05) is 35.7 Å². The highest BCUT2D eigenvalue weighted by Gasteiger charge is 2.32. The maximum Gasteiger partial charge on any atom is 0.163 e. The number of thiazole rings is 1. The van der Waals surface area contributed by atoms with E-state index in [-0.39, 0.29) is 12.2 Å². The number of hydrogen-bond donors (Lipinski definition) is 0. The van der Waals surface area contributed by atoms with Crippen molar-refractivity contribution in [2.75, 3.05) is 7.11 Å². The molecule has 2 heterocycles. The molecule has 0 N–H and O–H groups in total. The lowest BCUT2D eigenvalue weighted by atomic mass is 10.00. The van der Waals surface area contributed by atoms with Gasteiger partial charge in [-0.25, -0.2) is 4.98 Å². The van der Waals surface area contributed by atoms with Crippen LogP contribution in [0.3, 0.4) is 0 Å². The van der Waals surface area contributed by atoms with Crippen molar-refractivity contribution in [1.29, 1.82) is 0 Å². The third-order valence-corrected chi connectivity index (χ3v) is 3.73. The molecule has 1 aromatic heterocycles. The molecule has 0 bridgehead atoms. The number of rotatable bonds is 4. The first kappa shape index (κ1) is 12.3. The third-order valence-electron chi connectivity index (χ3n) is 3.14. The van der Waals surface area contributed by atoms with Crippen molar-refractivity contribution in [2.24, 2.45) is 5.16 Å². The Kier molecular flexibility index (Phi) is 3.57. The fourth-order valence-corrected chi connectivity index (χ4v) is 2.77. The van der Waals surface area contributed by atoms with Crippen molar-refractivity contribution in [3.05, 3.63) is 52.5 Å². The number of aromatic nitrogens is 1. The molecule has 0 saturated heterocycles. The number of ether oxygens (including phenoxy) is 1. The number of oxime groups is 1. The summed E-state index contributed by atoms with van der Waals surface area (Å²) in [5.41, 5.74) is 4.69. The largest absolute Gasteiger partial charge is 0.389 e. The van der Waals surface area contributed by atoms with Crippen LogP contribution in [-0.2, 0) is 9.57 Å². The highest BCUT2D eigenvalue weighted by molar-refractivity contribution is 7.07. The highest BCUT2D eigenvalue weighted by Crippen LogP contribution is 2.29. The number of methoxy groups -OCH3 is 1. The lowest BCUT2D eigenvalue weighted by molar-refractivity contribution is -0.0412. The summed E-state index contributed by atoms with van der Waals surface area (Å²) in [4.78, 5) is 9.78. The average molecular weight is 274 g/mol. The topological polar surface area (TPSA) is 43.7 Å². The zero-order chi connectivity index (χ0) is 13.1. The summed E-state index contributed by atoms with van der Waals surface area (Å²) in [6, 6.07) is 10.1. The van der Waals surface area contributed by atoms with Gasteiger partial charge in [-0.15, -0.1) is 11.3 Å². The Bertz CT molecular complexity index is 554. The molecular weight excluding hydrogens is 260 g/mol. The summed E-state index contributed by atoms with van der Waals surface area (Å²) >= 11 is 1.56. The molecule has 0 aliphatic carbocycles. The van der Waals surface area contributed by atoms with Gasteiger partial charge < -0.3 is 9.57 Å². The van der Waals surface area contributed by atoms with Crippen LogP contribution in [0, 0.1) is 0 Å². The molecule has 2 aromatic rings. The molecule has 0 amide bonds. The lowest BCUT2D eigenvalue weighted by Crippen LogP contribution is -2.21. The van der Waals surface area contributed by atoms with Crippen molar-refractivity contribution >= 4 is 17.0 Å². The van der Waals surface area contributed by atoms with E-state index < -0.39 is 0 Å². The van der Waals surface area contributed by atoms with Gasteiger partial charge in [-0.3, -0.25) is 0 Å².